The lowest BCUT2D eigenvalue weighted by Crippen LogP contribution is -2.63. The Hall–Kier alpha value is -2.86. The monoisotopic (exact) mass is 506 g/mol. The van der Waals surface area contributed by atoms with Crippen molar-refractivity contribution in [1.29, 1.82) is 0 Å². The van der Waals surface area contributed by atoms with Crippen LogP contribution in [0.1, 0.15) is 33.1 Å². The number of piperidine rings is 1. The molecule has 0 spiro atoms. The molecule has 3 saturated heterocycles. The normalized spacial score (nSPS) is 30.1. The van der Waals surface area contributed by atoms with Crippen molar-refractivity contribution in [2.75, 3.05) is 19.6 Å². The first-order valence-corrected chi connectivity index (χ1v) is 12.5. The summed E-state index contributed by atoms with van der Waals surface area (Å²) < 4.78 is 0. The molecule has 190 valence electrons. The second kappa shape index (κ2) is 9.65. The molecule has 12 nitrogen and oxygen atoms in total. The van der Waals surface area contributed by atoms with Gasteiger partial charge in [-0.05, 0) is 19.8 Å². The zero-order valence-electron chi connectivity index (χ0n) is 19.6. The first-order valence-electron chi connectivity index (χ1n) is 11.6. The third kappa shape index (κ3) is 4.44. The van der Waals surface area contributed by atoms with Gasteiger partial charge >= 0.3 is 5.97 Å². The molecule has 4 aliphatic rings. The van der Waals surface area contributed by atoms with Crippen molar-refractivity contribution < 1.29 is 29.4 Å². The summed E-state index contributed by atoms with van der Waals surface area (Å²) >= 11 is 1.38. The number of carbonyl (C=O) groups is 3. The molecule has 4 heterocycles. The number of carboxylic acid groups (broad SMARTS) is 1. The van der Waals surface area contributed by atoms with Crippen molar-refractivity contribution in [3.05, 3.63) is 16.3 Å². The lowest BCUT2D eigenvalue weighted by molar-refractivity contribution is -0.163. The van der Waals surface area contributed by atoms with Crippen LogP contribution in [0.5, 0.6) is 0 Å². The second-order valence-corrected chi connectivity index (χ2v) is 10.8. The highest BCUT2D eigenvalue weighted by Gasteiger charge is 2.60. The Morgan fingerprint density at radius 1 is 1.26 bits per heavy atom. The summed E-state index contributed by atoms with van der Waals surface area (Å²) in [6.45, 7) is 4.97. The first-order chi connectivity index (χ1) is 16.5. The van der Waals surface area contributed by atoms with Gasteiger partial charge in [-0.2, -0.15) is 4.99 Å². The van der Waals surface area contributed by atoms with Gasteiger partial charge in [-0.15, -0.1) is 11.8 Å². The highest BCUT2D eigenvalue weighted by Crippen LogP contribution is 2.52. The number of hydrogen-bond acceptors (Lipinski definition) is 8. The summed E-state index contributed by atoms with van der Waals surface area (Å²) in [5.41, 5.74) is 11.0. The number of guanidine groups is 1. The highest BCUT2D eigenvalue weighted by molar-refractivity contribution is 8.03. The van der Waals surface area contributed by atoms with Crippen LogP contribution in [-0.2, 0) is 19.2 Å². The SMILES string of the molecule is C[C@@H]1C(SC2CC(=C=O)N(N3CCC(C(=O)N=C(N)N)CC3)C2)=C(C(=O)O)N2C(=O)C([C@@H](C)O)C12. The van der Waals surface area contributed by atoms with E-state index in [1.165, 1.54) is 16.7 Å². The summed E-state index contributed by atoms with van der Waals surface area (Å²) in [5, 5.41) is 23.6. The maximum Gasteiger partial charge on any atom is 0.353 e. The fraction of sp³-hybridized carbons (Fsp3) is 0.636. The molecule has 0 bridgehead atoms. The fourth-order valence-electron chi connectivity index (χ4n) is 5.58. The molecule has 13 heteroatoms. The Bertz CT molecular complexity index is 1040. The van der Waals surface area contributed by atoms with Gasteiger partial charge in [-0.1, -0.05) is 6.92 Å². The maximum atomic E-state index is 12.6. The van der Waals surface area contributed by atoms with Crippen LogP contribution in [0.15, 0.2) is 21.3 Å². The molecule has 3 unspecified atom stereocenters. The fourth-order valence-corrected chi connectivity index (χ4v) is 7.05. The van der Waals surface area contributed by atoms with E-state index in [1.807, 2.05) is 22.9 Å². The van der Waals surface area contributed by atoms with Crippen LogP contribution in [-0.4, -0.2) is 91.8 Å². The molecule has 4 aliphatic heterocycles. The summed E-state index contributed by atoms with van der Waals surface area (Å²) in [4.78, 5) is 54.0. The standard InChI is InChI=1S/C22H30N6O6S/c1-10-16-15(11(2)30)20(32)28(16)17(21(33)34)18(10)35-14-7-13(9-29)27(8-14)26-5-3-12(4-6-26)19(31)25-22(23)24/h10-12,14-16,30H,3-8H2,1-2H3,(H,33,34)(H4,23,24,25,31)/t10-,11+,14?,15?,16?/m0/s1. The zero-order valence-corrected chi connectivity index (χ0v) is 20.4. The van der Waals surface area contributed by atoms with Crippen molar-refractivity contribution in [2.45, 2.75) is 50.5 Å². The predicted octanol–water partition coefficient (Wildman–Crippen LogP) is -0.910. The number of hydrazine groups is 1. The topological polar surface area (TPSA) is 183 Å². The molecular formula is C22H30N6O6S. The third-order valence-electron chi connectivity index (χ3n) is 7.23. The number of β-lactam (4-membered cyclic amide) rings is 1. The van der Waals surface area contributed by atoms with Crippen molar-refractivity contribution in [3.63, 3.8) is 0 Å². The zero-order chi connectivity index (χ0) is 25.6. The van der Waals surface area contributed by atoms with Crippen LogP contribution in [0.3, 0.4) is 0 Å². The van der Waals surface area contributed by atoms with E-state index < -0.39 is 18.0 Å². The summed E-state index contributed by atoms with van der Waals surface area (Å²) in [6, 6.07) is -0.378. The Morgan fingerprint density at radius 3 is 2.46 bits per heavy atom. The number of aliphatic imine (C=N–C) groups is 1. The van der Waals surface area contributed by atoms with Crippen molar-refractivity contribution in [1.82, 2.24) is 14.9 Å². The van der Waals surface area contributed by atoms with Crippen LogP contribution in [0, 0.1) is 17.8 Å². The number of aliphatic carboxylic acids is 1. The first kappa shape index (κ1) is 25.2. The average molecular weight is 507 g/mol. The highest BCUT2D eigenvalue weighted by atomic mass is 32.2. The lowest BCUT2D eigenvalue weighted by atomic mass is 9.79. The lowest BCUT2D eigenvalue weighted by Gasteiger charge is -2.46. The minimum absolute atomic E-state index is 0.0245. The average Bonchev–Trinajstić information content (AvgIpc) is 3.30. The number of carboxylic acids is 1. The van der Waals surface area contributed by atoms with Crippen LogP contribution in [0.4, 0.5) is 0 Å². The molecule has 5 atom stereocenters. The number of carbonyl (C=O) groups excluding carboxylic acids is 3. The van der Waals surface area contributed by atoms with Crippen molar-refractivity contribution in [2.24, 2.45) is 34.2 Å². The molecule has 0 aliphatic carbocycles. The summed E-state index contributed by atoms with van der Waals surface area (Å²) in [6.07, 6.45) is 0.628. The molecule has 0 aromatic heterocycles. The van der Waals surface area contributed by atoms with Gasteiger partial charge in [-0.3, -0.25) is 14.6 Å². The Kier molecular flexibility index (Phi) is 6.96. The molecule has 3 fully saturated rings. The molecule has 2 amide bonds. The number of fused-ring (bicyclic) bond motifs is 1. The van der Waals surface area contributed by atoms with E-state index in [1.54, 1.807) is 6.92 Å². The molecule has 6 N–H and O–H groups in total. The smallest absolute Gasteiger partial charge is 0.353 e. The Balaban J connectivity index is 1.45. The summed E-state index contributed by atoms with van der Waals surface area (Å²) in [5.74, 6) is -1.27. The quantitative estimate of drug-likeness (QED) is 0.151. The minimum atomic E-state index is -1.17. The van der Waals surface area contributed by atoms with Crippen LogP contribution >= 0.6 is 11.8 Å². The van der Waals surface area contributed by atoms with Crippen molar-refractivity contribution in [3.8, 4) is 0 Å². The Labute approximate surface area is 206 Å². The van der Waals surface area contributed by atoms with Crippen LogP contribution < -0.4 is 11.5 Å². The number of allylic oxidation sites excluding steroid dienone is 1. The molecule has 0 saturated carbocycles. The molecule has 0 aromatic rings. The van der Waals surface area contributed by atoms with E-state index in [2.05, 4.69) is 4.99 Å². The maximum absolute atomic E-state index is 12.6. The molecule has 0 radical (unpaired) electrons. The number of nitrogens with two attached hydrogens (primary N) is 2. The Morgan fingerprint density at radius 2 is 1.91 bits per heavy atom. The van der Waals surface area contributed by atoms with E-state index in [0.717, 1.165) is 0 Å². The molecular weight excluding hydrogens is 476 g/mol. The van der Waals surface area contributed by atoms with Gasteiger partial charge in [0.05, 0.1) is 18.1 Å². The predicted molar refractivity (Wildman–Crippen MR) is 127 cm³/mol. The van der Waals surface area contributed by atoms with Crippen LogP contribution in [0.2, 0.25) is 0 Å². The number of rotatable bonds is 6. The van der Waals surface area contributed by atoms with E-state index in [-0.39, 0.29) is 46.6 Å². The molecule has 0 aromatic carbocycles. The molecule has 4 rings (SSSR count). The van der Waals surface area contributed by atoms with E-state index in [9.17, 15) is 29.4 Å². The van der Waals surface area contributed by atoms with E-state index in [0.29, 0.717) is 49.5 Å². The number of nitrogens with zero attached hydrogens (tertiary/aromatic N) is 4. The number of aliphatic hydroxyl groups excluding tert-OH is 1. The number of hydrogen-bond donors (Lipinski definition) is 4. The largest absolute Gasteiger partial charge is 0.477 e. The molecule has 35 heavy (non-hydrogen) atoms. The number of amides is 2. The van der Waals surface area contributed by atoms with Gasteiger partial charge in [0, 0.05) is 48.0 Å². The van der Waals surface area contributed by atoms with Gasteiger partial charge in [0.1, 0.15) is 17.3 Å². The number of aliphatic hydroxyl groups is 1. The summed E-state index contributed by atoms with van der Waals surface area (Å²) in [7, 11) is 0. The minimum Gasteiger partial charge on any atom is -0.477 e. The van der Waals surface area contributed by atoms with Crippen molar-refractivity contribution >= 4 is 41.4 Å². The second-order valence-electron chi connectivity index (χ2n) is 9.45. The van der Waals surface area contributed by atoms with Gasteiger partial charge in [0.25, 0.3) is 5.91 Å². The third-order valence-corrected chi connectivity index (χ3v) is 8.70. The van der Waals surface area contributed by atoms with Gasteiger partial charge in [0.15, 0.2) is 5.96 Å². The van der Waals surface area contributed by atoms with E-state index >= 15 is 0 Å². The number of thioether (sulfide) groups is 1. The van der Waals surface area contributed by atoms with Gasteiger partial charge < -0.3 is 26.6 Å². The van der Waals surface area contributed by atoms with E-state index in [4.69, 9.17) is 11.5 Å². The van der Waals surface area contributed by atoms with Gasteiger partial charge in [-0.25, -0.2) is 14.6 Å². The van der Waals surface area contributed by atoms with Gasteiger partial charge in [0.2, 0.25) is 5.91 Å². The van der Waals surface area contributed by atoms with Crippen LogP contribution in [0.25, 0.3) is 0 Å².